The summed E-state index contributed by atoms with van der Waals surface area (Å²) in [7, 11) is 5.58. The molecule has 7 aromatic rings. The Morgan fingerprint density at radius 2 is 1.62 bits per heavy atom. The fourth-order valence-corrected chi connectivity index (χ4v) is 8.27. The maximum Gasteiger partial charge on any atom is 0.328 e. The van der Waals surface area contributed by atoms with Crippen LogP contribution in [-0.4, -0.2) is 91.0 Å². The molecule has 3 heterocycles. The molecule has 1 N–H and O–H groups in total. The summed E-state index contributed by atoms with van der Waals surface area (Å²) in [6.07, 6.45) is 3.34. The molecule has 0 aliphatic rings. The number of para-hydroxylation sites is 2. The predicted octanol–water partition coefficient (Wildman–Crippen LogP) is 9.71. The van der Waals surface area contributed by atoms with Crippen molar-refractivity contribution in [2.24, 2.45) is 0 Å². The zero-order chi connectivity index (χ0) is 44.3. The van der Waals surface area contributed by atoms with Gasteiger partial charge in [0.25, 0.3) is 0 Å². The van der Waals surface area contributed by atoms with Crippen molar-refractivity contribution in [1.82, 2.24) is 24.8 Å². The summed E-state index contributed by atoms with van der Waals surface area (Å²) in [5.74, 6) is 1.87. The van der Waals surface area contributed by atoms with Crippen LogP contribution in [0.5, 0.6) is 17.2 Å². The highest BCUT2D eigenvalue weighted by molar-refractivity contribution is 7.22. The standard InChI is InChI=1S/C48H48ClFN6O6S/c1-6-59-48(57)37(27-32-11-7-9-13-38(32)62-28-34-21-22-51-45(54-34)36-12-8-10-14-39(36)61-26-25-58-5)55-46-42-41(35-19-20-40(43(49)30(35)2)60-24-23-56(3)4)44(63-47(42)53-29-52-46)31-15-17-33(50)18-16-31/h7-22,29,37H,6,23-28H2,1-5H3,(H,52,53,55)/t37-/m1/s1. The predicted molar refractivity (Wildman–Crippen MR) is 245 cm³/mol. The Kier molecular flexibility index (Phi) is 15.1. The van der Waals surface area contributed by atoms with E-state index < -0.39 is 12.0 Å². The second kappa shape index (κ2) is 21.3. The zero-order valence-electron chi connectivity index (χ0n) is 35.7. The minimum absolute atomic E-state index is 0.134. The van der Waals surface area contributed by atoms with Crippen molar-refractivity contribution >= 4 is 44.9 Å². The van der Waals surface area contributed by atoms with Crippen molar-refractivity contribution < 1.29 is 32.9 Å². The summed E-state index contributed by atoms with van der Waals surface area (Å²) in [5, 5.41) is 4.58. The van der Waals surface area contributed by atoms with E-state index in [1.54, 1.807) is 38.4 Å². The van der Waals surface area contributed by atoms with E-state index in [-0.39, 0.29) is 25.5 Å². The largest absolute Gasteiger partial charge is 0.491 e. The van der Waals surface area contributed by atoms with Crippen LogP contribution in [0.15, 0.2) is 104 Å². The van der Waals surface area contributed by atoms with E-state index in [0.29, 0.717) is 69.6 Å². The quantitative estimate of drug-likeness (QED) is 0.0578. The molecule has 0 aliphatic carbocycles. The molecule has 0 spiro atoms. The fraction of sp³-hybridized carbons (Fsp3) is 0.271. The van der Waals surface area contributed by atoms with E-state index in [1.807, 2.05) is 86.6 Å². The molecule has 0 saturated carbocycles. The Morgan fingerprint density at radius 1 is 0.857 bits per heavy atom. The van der Waals surface area contributed by atoms with Crippen molar-refractivity contribution in [3.05, 3.63) is 131 Å². The Balaban J connectivity index is 1.21. The molecule has 12 nitrogen and oxygen atoms in total. The second-order valence-corrected chi connectivity index (χ2v) is 16.1. The lowest BCUT2D eigenvalue weighted by molar-refractivity contribution is -0.144. The van der Waals surface area contributed by atoms with Crippen LogP contribution < -0.4 is 19.5 Å². The van der Waals surface area contributed by atoms with Gasteiger partial charge in [-0.25, -0.2) is 29.1 Å². The normalized spacial score (nSPS) is 11.7. The first-order chi connectivity index (χ1) is 30.6. The SMILES string of the molecule is CCOC(=O)[C@@H](Cc1ccccc1OCc1ccnc(-c2ccccc2OCCOC)n1)Nc1ncnc2sc(-c3ccc(F)cc3)c(-c3ccc(OCCN(C)C)c(Cl)c3C)c12. The molecule has 63 heavy (non-hydrogen) atoms. The molecular weight excluding hydrogens is 843 g/mol. The Morgan fingerprint density at radius 3 is 2.40 bits per heavy atom. The molecule has 1 atom stereocenters. The molecule has 3 aromatic heterocycles. The average molecular weight is 891 g/mol. The van der Waals surface area contributed by atoms with Gasteiger partial charge in [-0.2, -0.15) is 0 Å². The number of aromatic nitrogens is 4. The number of carbonyl (C=O) groups is 1. The molecule has 7 rings (SSSR count). The van der Waals surface area contributed by atoms with Gasteiger partial charge in [-0.15, -0.1) is 11.3 Å². The molecule has 0 saturated heterocycles. The number of hydrogen-bond acceptors (Lipinski definition) is 13. The number of halogens is 2. The van der Waals surface area contributed by atoms with Gasteiger partial charge in [0, 0.05) is 36.7 Å². The van der Waals surface area contributed by atoms with Crippen LogP contribution in [0.3, 0.4) is 0 Å². The van der Waals surface area contributed by atoms with Crippen molar-refractivity contribution in [3.63, 3.8) is 0 Å². The van der Waals surface area contributed by atoms with Crippen LogP contribution in [0.25, 0.3) is 43.2 Å². The fourth-order valence-electron chi connectivity index (χ4n) is 6.89. The van der Waals surface area contributed by atoms with Gasteiger partial charge in [-0.05, 0) is 92.7 Å². The van der Waals surface area contributed by atoms with Gasteiger partial charge in [0.1, 0.15) is 65.9 Å². The number of ether oxygens (including phenoxy) is 5. The highest BCUT2D eigenvalue weighted by atomic mass is 35.5. The van der Waals surface area contributed by atoms with Gasteiger partial charge in [0.05, 0.1) is 34.9 Å². The van der Waals surface area contributed by atoms with Crippen molar-refractivity contribution in [1.29, 1.82) is 0 Å². The van der Waals surface area contributed by atoms with Gasteiger partial charge in [0.15, 0.2) is 5.82 Å². The summed E-state index contributed by atoms with van der Waals surface area (Å²) >= 11 is 8.45. The summed E-state index contributed by atoms with van der Waals surface area (Å²) in [6, 6.07) is 26.1. The van der Waals surface area contributed by atoms with Gasteiger partial charge < -0.3 is 33.9 Å². The summed E-state index contributed by atoms with van der Waals surface area (Å²) in [6.45, 7) is 6.02. The van der Waals surface area contributed by atoms with Crippen LogP contribution in [0.2, 0.25) is 5.02 Å². The third-order valence-electron chi connectivity index (χ3n) is 10.1. The topological polar surface area (TPSA) is 130 Å². The summed E-state index contributed by atoms with van der Waals surface area (Å²) in [4.78, 5) is 36.1. The number of nitrogens with one attached hydrogen (secondary N) is 1. The first-order valence-electron chi connectivity index (χ1n) is 20.4. The summed E-state index contributed by atoms with van der Waals surface area (Å²) < 4.78 is 43.4. The van der Waals surface area contributed by atoms with E-state index >= 15 is 0 Å². The number of esters is 1. The van der Waals surface area contributed by atoms with E-state index in [1.165, 1.54) is 29.8 Å². The molecule has 0 bridgehead atoms. The van der Waals surface area contributed by atoms with Crippen LogP contribution in [0, 0.1) is 12.7 Å². The first kappa shape index (κ1) is 44.9. The molecule has 15 heteroatoms. The van der Waals surface area contributed by atoms with Crippen molar-refractivity contribution in [3.8, 4) is 50.2 Å². The van der Waals surface area contributed by atoms with E-state index in [9.17, 15) is 9.18 Å². The number of anilines is 1. The number of nitrogens with zero attached hydrogens (tertiary/aromatic N) is 5. The maximum absolute atomic E-state index is 14.2. The number of benzene rings is 4. The highest BCUT2D eigenvalue weighted by Crippen LogP contribution is 2.49. The van der Waals surface area contributed by atoms with Crippen molar-refractivity contribution in [2.75, 3.05) is 59.5 Å². The van der Waals surface area contributed by atoms with Crippen LogP contribution >= 0.6 is 22.9 Å². The monoisotopic (exact) mass is 890 g/mol. The first-order valence-corrected chi connectivity index (χ1v) is 21.6. The van der Waals surface area contributed by atoms with Crippen LogP contribution in [0.1, 0.15) is 23.7 Å². The second-order valence-electron chi connectivity index (χ2n) is 14.7. The van der Waals surface area contributed by atoms with Gasteiger partial charge >= 0.3 is 5.97 Å². The molecule has 0 fully saturated rings. The molecule has 0 aliphatic heterocycles. The number of carbonyl (C=O) groups excluding carboxylic acids is 1. The van der Waals surface area contributed by atoms with Crippen LogP contribution in [0.4, 0.5) is 10.2 Å². The number of fused-ring (bicyclic) bond motifs is 1. The molecule has 326 valence electrons. The number of methoxy groups -OCH3 is 1. The van der Waals surface area contributed by atoms with E-state index in [0.717, 1.165) is 44.8 Å². The van der Waals surface area contributed by atoms with Gasteiger partial charge in [-0.3, -0.25) is 0 Å². The number of hydrogen-bond donors (Lipinski definition) is 1. The van der Waals surface area contributed by atoms with Crippen LogP contribution in [-0.2, 0) is 27.3 Å². The van der Waals surface area contributed by atoms with Gasteiger partial charge in [0.2, 0.25) is 0 Å². The third-order valence-corrected chi connectivity index (χ3v) is 11.7. The maximum atomic E-state index is 14.2. The van der Waals surface area contributed by atoms with E-state index in [2.05, 4.69) is 15.3 Å². The number of likely N-dealkylation sites (N-methyl/N-ethyl adjacent to an activating group) is 1. The lowest BCUT2D eigenvalue weighted by Crippen LogP contribution is -2.34. The molecule has 0 unspecified atom stereocenters. The number of rotatable bonds is 20. The molecular formula is C48H48ClFN6O6S. The van der Waals surface area contributed by atoms with Gasteiger partial charge in [-0.1, -0.05) is 60.1 Å². The molecule has 4 aromatic carbocycles. The smallest absolute Gasteiger partial charge is 0.328 e. The molecule has 0 amide bonds. The Hall–Kier alpha value is -6.19. The minimum atomic E-state index is -0.896. The lowest BCUT2D eigenvalue weighted by Gasteiger charge is -2.21. The van der Waals surface area contributed by atoms with E-state index in [4.69, 9.17) is 45.3 Å². The average Bonchev–Trinajstić information content (AvgIpc) is 3.68. The summed E-state index contributed by atoms with van der Waals surface area (Å²) in [5.41, 5.74) is 5.30. The number of thiophene rings is 1. The third kappa shape index (κ3) is 10.9. The lowest BCUT2D eigenvalue weighted by atomic mass is 9.95. The molecule has 0 radical (unpaired) electrons. The zero-order valence-corrected chi connectivity index (χ0v) is 37.3. The minimum Gasteiger partial charge on any atom is -0.491 e. The Labute approximate surface area is 375 Å². The van der Waals surface area contributed by atoms with Crippen molar-refractivity contribution in [2.45, 2.75) is 32.9 Å². The highest BCUT2D eigenvalue weighted by Gasteiger charge is 2.28. The Bertz CT molecular complexity index is 2660.